The Labute approximate surface area is 218 Å². The molecule has 3 aromatic rings. The van der Waals surface area contributed by atoms with Crippen molar-refractivity contribution in [3.63, 3.8) is 0 Å². The fraction of sp³-hybridized carbons (Fsp3) is 0.286. The molecular formula is C28H32FN3O4S. The minimum absolute atomic E-state index is 0.0329. The van der Waals surface area contributed by atoms with Gasteiger partial charge in [0.2, 0.25) is 21.8 Å². The summed E-state index contributed by atoms with van der Waals surface area (Å²) in [5.74, 6) is -1.53. The van der Waals surface area contributed by atoms with Gasteiger partial charge in [-0.15, -0.1) is 0 Å². The highest BCUT2D eigenvalue weighted by molar-refractivity contribution is 7.92. The van der Waals surface area contributed by atoms with Crippen LogP contribution < -0.4 is 9.62 Å². The third-order valence-electron chi connectivity index (χ3n) is 5.79. The molecule has 3 aromatic carbocycles. The molecule has 0 aliphatic rings. The van der Waals surface area contributed by atoms with Crippen LogP contribution in [0.2, 0.25) is 0 Å². The highest BCUT2D eigenvalue weighted by Gasteiger charge is 2.32. The predicted octanol–water partition coefficient (Wildman–Crippen LogP) is 3.76. The highest BCUT2D eigenvalue weighted by atomic mass is 32.2. The number of benzene rings is 3. The number of carbonyl (C=O) groups excluding carboxylic acids is 2. The van der Waals surface area contributed by atoms with E-state index in [4.69, 9.17) is 0 Å². The predicted molar refractivity (Wildman–Crippen MR) is 143 cm³/mol. The van der Waals surface area contributed by atoms with Crippen LogP contribution in [0, 0.1) is 5.82 Å². The number of hydrogen-bond donors (Lipinski definition) is 1. The molecule has 0 unspecified atom stereocenters. The molecule has 0 heterocycles. The summed E-state index contributed by atoms with van der Waals surface area (Å²) >= 11 is 0. The van der Waals surface area contributed by atoms with E-state index in [9.17, 15) is 22.4 Å². The second-order valence-electron chi connectivity index (χ2n) is 8.75. The molecule has 7 nitrogen and oxygen atoms in total. The van der Waals surface area contributed by atoms with E-state index in [2.05, 4.69) is 5.32 Å². The zero-order valence-corrected chi connectivity index (χ0v) is 21.8. The van der Waals surface area contributed by atoms with Crippen LogP contribution in [-0.2, 0) is 32.6 Å². The standard InChI is InChI=1S/C28H32FN3O4S/c1-3-17-30-28(34)26(18-22-11-6-4-7-12-22)31(20-23-13-8-5-9-14-23)27(33)21-32(37(2,35)36)25-16-10-15-24(29)19-25/h4-16,19,26H,3,17-18,20-21H2,1-2H3,(H,30,34)/t26-/m0/s1. The highest BCUT2D eigenvalue weighted by Crippen LogP contribution is 2.21. The van der Waals surface area contributed by atoms with Crippen LogP contribution in [0.15, 0.2) is 84.9 Å². The van der Waals surface area contributed by atoms with E-state index >= 15 is 0 Å². The van der Waals surface area contributed by atoms with Crippen LogP contribution in [0.25, 0.3) is 0 Å². The Morgan fingerprint density at radius 3 is 2.11 bits per heavy atom. The zero-order valence-electron chi connectivity index (χ0n) is 21.0. The minimum atomic E-state index is -3.94. The van der Waals surface area contributed by atoms with Gasteiger partial charge in [0.1, 0.15) is 18.4 Å². The third-order valence-corrected chi connectivity index (χ3v) is 6.93. The molecule has 0 saturated carbocycles. The van der Waals surface area contributed by atoms with Gasteiger partial charge in [-0.05, 0) is 35.7 Å². The van der Waals surface area contributed by atoms with E-state index in [1.165, 1.54) is 23.1 Å². The van der Waals surface area contributed by atoms with E-state index in [-0.39, 0.29) is 24.6 Å². The first kappa shape index (κ1) is 27.9. The Hall–Kier alpha value is -3.72. The van der Waals surface area contributed by atoms with Gasteiger partial charge < -0.3 is 10.2 Å². The van der Waals surface area contributed by atoms with Gasteiger partial charge >= 0.3 is 0 Å². The molecule has 9 heteroatoms. The van der Waals surface area contributed by atoms with Gasteiger partial charge in [-0.2, -0.15) is 0 Å². The summed E-state index contributed by atoms with van der Waals surface area (Å²) in [5.41, 5.74) is 1.68. The Kier molecular flexibility index (Phi) is 9.79. The Morgan fingerprint density at radius 1 is 0.919 bits per heavy atom. The van der Waals surface area contributed by atoms with Gasteiger partial charge in [0.15, 0.2) is 0 Å². The van der Waals surface area contributed by atoms with Crippen molar-refractivity contribution in [2.75, 3.05) is 23.7 Å². The van der Waals surface area contributed by atoms with Crippen LogP contribution in [0.5, 0.6) is 0 Å². The monoisotopic (exact) mass is 525 g/mol. The summed E-state index contributed by atoms with van der Waals surface area (Å²) in [4.78, 5) is 28.6. The average molecular weight is 526 g/mol. The maximum absolute atomic E-state index is 13.9. The zero-order chi connectivity index (χ0) is 26.8. The maximum atomic E-state index is 13.9. The van der Waals surface area contributed by atoms with Crippen LogP contribution in [0.3, 0.4) is 0 Å². The molecular weight excluding hydrogens is 493 g/mol. The summed E-state index contributed by atoms with van der Waals surface area (Å²) in [5, 5.41) is 2.88. The van der Waals surface area contributed by atoms with Crippen LogP contribution >= 0.6 is 0 Å². The van der Waals surface area contributed by atoms with Crippen molar-refractivity contribution in [3.05, 3.63) is 102 Å². The number of rotatable bonds is 12. The summed E-state index contributed by atoms with van der Waals surface area (Å²) in [6.07, 6.45) is 1.92. The van der Waals surface area contributed by atoms with Crippen molar-refractivity contribution in [2.24, 2.45) is 0 Å². The Morgan fingerprint density at radius 2 is 1.54 bits per heavy atom. The average Bonchev–Trinajstić information content (AvgIpc) is 2.88. The van der Waals surface area contributed by atoms with Gasteiger partial charge in [-0.3, -0.25) is 13.9 Å². The molecule has 3 rings (SSSR count). The molecule has 196 valence electrons. The molecule has 0 bridgehead atoms. The molecule has 0 radical (unpaired) electrons. The van der Waals surface area contributed by atoms with Crippen molar-refractivity contribution in [2.45, 2.75) is 32.4 Å². The molecule has 0 spiro atoms. The van der Waals surface area contributed by atoms with E-state index in [0.29, 0.717) is 6.54 Å². The SMILES string of the molecule is CCCNC(=O)[C@H](Cc1ccccc1)N(Cc1ccccc1)C(=O)CN(c1cccc(F)c1)S(C)(=O)=O. The van der Waals surface area contributed by atoms with Crippen LogP contribution in [0.4, 0.5) is 10.1 Å². The molecule has 0 aliphatic carbocycles. The van der Waals surface area contributed by atoms with Gasteiger partial charge in [0.05, 0.1) is 11.9 Å². The smallest absolute Gasteiger partial charge is 0.244 e. The van der Waals surface area contributed by atoms with Gasteiger partial charge in [-0.25, -0.2) is 12.8 Å². The van der Waals surface area contributed by atoms with Gasteiger partial charge in [0, 0.05) is 19.5 Å². The fourth-order valence-electron chi connectivity index (χ4n) is 3.95. The Bertz CT molecular complexity index is 1290. The van der Waals surface area contributed by atoms with Crippen LogP contribution in [-0.4, -0.2) is 50.5 Å². The molecule has 0 aromatic heterocycles. The normalized spacial score (nSPS) is 12.0. The third kappa shape index (κ3) is 8.15. The Balaban J connectivity index is 2.02. The number of nitrogens with one attached hydrogen (secondary N) is 1. The summed E-state index contributed by atoms with van der Waals surface area (Å²) in [6, 6.07) is 22.7. The first-order chi connectivity index (χ1) is 17.7. The molecule has 37 heavy (non-hydrogen) atoms. The van der Waals surface area contributed by atoms with Crippen molar-refractivity contribution in [3.8, 4) is 0 Å². The molecule has 0 saturated heterocycles. The van der Waals surface area contributed by atoms with E-state index in [1.54, 1.807) is 0 Å². The molecule has 0 fully saturated rings. The number of hydrogen-bond acceptors (Lipinski definition) is 4. The van der Waals surface area contributed by atoms with Gasteiger partial charge in [-0.1, -0.05) is 73.7 Å². The number of nitrogens with zero attached hydrogens (tertiary/aromatic N) is 2. The van der Waals surface area contributed by atoms with Crippen LogP contribution in [0.1, 0.15) is 24.5 Å². The summed E-state index contributed by atoms with van der Waals surface area (Å²) in [6.45, 7) is 1.89. The van der Waals surface area contributed by atoms with Crippen molar-refractivity contribution >= 4 is 27.5 Å². The number of carbonyl (C=O) groups is 2. The molecule has 1 atom stereocenters. The molecule has 0 aliphatic heterocycles. The maximum Gasteiger partial charge on any atom is 0.244 e. The number of sulfonamides is 1. The topological polar surface area (TPSA) is 86.8 Å². The number of halogens is 1. The van der Waals surface area contributed by atoms with Crippen molar-refractivity contribution in [1.82, 2.24) is 10.2 Å². The first-order valence-corrected chi connectivity index (χ1v) is 13.9. The lowest BCUT2D eigenvalue weighted by Gasteiger charge is -2.33. The van der Waals surface area contributed by atoms with Gasteiger partial charge in [0.25, 0.3) is 0 Å². The second kappa shape index (κ2) is 13.0. The quantitative estimate of drug-likeness (QED) is 0.390. The van der Waals surface area contributed by atoms with E-state index in [0.717, 1.165) is 34.2 Å². The lowest BCUT2D eigenvalue weighted by atomic mass is 10.0. The summed E-state index contributed by atoms with van der Waals surface area (Å²) in [7, 11) is -3.94. The largest absolute Gasteiger partial charge is 0.354 e. The van der Waals surface area contributed by atoms with E-state index < -0.39 is 34.3 Å². The molecule has 1 N–H and O–H groups in total. The van der Waals surface area contributed by atoms with Crippen molar-refractivity contribution < 1.29 is 22.4 Å². The van der Waals surface area contributed by atoms with Crippen molar-refractivity contribution in [1.29, 1.82) is 0 Å². The number of anilines is 1. The summed E-state index contributed by atoms with van der Waals surface area (Å²) < 4.78 is 40.1. The van der Waals surface area contributed by atoms with E-state index in [1.807, 2.05) is 67.6 Å². The number of amides is 2. The lowest BCUT2D eigenvalue weighted by molar-refractivity contribution is -0.140. The molecule has 2 amide bonds. The minimum Gasteiger partial charge on any atom is -0.354 e. The lowest BCUT2D eigenvalue weighted by Crippen LogP contribution is -2.53. The second-order valence-corrected chi connectivity index (χ2v) is 10.7. The first-order valence-electron chi connectivity index (χ1n) is 12.1. The fourth-order valence-corrected chi connectivity index (χ4v) is 4.79.